The fourth-order valence-corrected chi connectivity index (χ4v) is 2.32. The monoisotopic (exact) mass is 331 g/mol. The fraction of sp³-hybridized carbons (Fsp3) is 0.235. The smallest absolute Gasteiger partial charge is 0.339 e. The highest BCUT2D eigenvalue weighted by Crippen LogP contribution is 2.19. The molecule has 2 aromatic rings. The average molecular weight is 331 g/mol. The van der Waals surface area contributed by atoms with Gasteiger partial charge in [-0.25, -0.2) is 9.59 Å². The van der Waals surface area contributed by atoms with Crippen LogP contribution >= 0.6 is 0 Å². The van der Waals surface area contributed by atoms with Gasteiger partial charge in [0, 0.05) is 5.69 Å². The topological polar surface area (TPSA) is 106 Å². The number of ketones is 1. The molecule has 2 rings (SSSR count). The zero-order valence-corrected chi connectivity index (χ0v) is 13.5. The number of methoxy groups -OCH3 is 1. The molecule has 0 radical (unpaired) electrons. The van der Waals surface area contributed by atoms with Gasteiger partial charge in [-0.1, -0.05) is 0 Å². The summed E-state index contributed by atoms with van der Waals surface area (Å²) in [6.45, 7) is 2.80. The molecule has 24 heavy (non-hydrogen) atoms. The number of H-pyrrole nitrogens is 1. The van der Waals surface area contributed by atoms with E-state index in [1.54, 1.807) is 13.8 Å². The summed E-state index contributed by atoms with van der Waals surface area (Å²) in [5.41, 5.74) is 1.67. The van der Waals surface area contributed by atoms with Crippen LogP contribution in [0.3, 0.4) is 0 Å². The predicted molar refractivity (Wildman–Crippen MR) is 84.3 cm³/mol. The minimum atomic E-state index is -0.683. The third-order valence-electron chi connectivity index (χ3n) is 3.54. The van der Waals surface area contributed by atoms with Crippen molar-refractivity contribution in [3.05, 3.63) is 52.3 Å². The molecule has 2 N–H and O–H groups in total. The molecule has 0 amide bonds. The summed E-state index contributed by atoms with van der Waals surface area (Å²) in [6, 6.07) is 5.47. The number of phenols is 1. The Morgan fingerprint density at radius 3 is 2.29 bits per heavy atom. The van der Waals surface area contributed by atoms with Gasteiger partial charge >= 0.3 is 11.9 Å². The summed E-state index contributed by atoms with van der Waals surface area (Å²) in [5, 5.41) is 9.18. The third-order valence-corrected chi connectivity index (χ3v) is 3.54. The number of rotatable bonds is 5. The minimum Gasteiger partial charge on any atom is -0.508 e. The number of Topliss-reactive ketones (excluding diaryl/α,β-unsaturated/α-hetero) is 1. The molecule has 7 heteroatoms. The van der Waals surface area contributed by atoms with E-state index in [-0.39, 0.29) is 17.0 Å². The van der Waals surface area contributed by atoms with Crippen molar-refractivity contribution < 1.29 is 29.0 Å². The lowest BCUT2D eigenvalue weighted by molar-refractivity contribution is 0.0473. The molecule has 126 valence electrons. The number of aryl methyl sites for hydroxylation is 1. The molecule has 1 aromatic carbocycles. The second-order valence-electron chi connectivity index (χ2n) is 5.16. The first-order chi connectivity index (χ1) is 11.3. The predicted octanol–water partition coefficient (Wildman–Crippen LogP) is 2.16. The van der Waals surface area contributed by atoms with E-state index in [1.807, 2.05) is 0 Å². The molecular weight excluding hydrogens is 314 g/mol. The van der Waals surface area contributed by atoms with Gasteiger partial charge < -0.3 is 19.6 Å². The van der Waals surface area contributed by atoms with Gasteiger partial charge in [0.1, 0.15) is 5.75 Å². The van der Waals surface area contributed by atoms with Crippen molar-refractivity contribution in [3.8, 4) is 5.75 Å². The maximum atomic E-state index is 12.2. The molecule has 0 aliphatic carbocycles. The molecule has 1 heterocycles. The highest BCUT2D eigenvalue weighted by molar-refractivity contribution is 6.03. The van der Waals surface area contributed by atoms with Gasteiger partial charge in [-0.15, -0.1) is 0 Å². The summed E-state index contributed by atoms with van der Waals surface area (Å²) in [5.74, 6) is -1.66. The van der Waals surface area contributed by atoms with Crippen LogP contribution in [0.15, 0.2) is 24.3 Å². The first-order valence-corrected chi connectivity index (χ1v) is 7.12. The molecule has 0 unspecified atom stereocenters. The number of benzene rings is 1. The normalized spacial score (nSPS) is 10.3. The van der Waals surface area contributed by atoms with Crippen LogP contribution in [0.5, 0.6) is 5.75 Å². The largest absolute Gasteiger partial charge is 0.508 e. The van der Waals surface area contributed by atoms with Gasteiger partial charge in [-0.05, 0) is 43.7 Å². The molecule has 0 aliphatic heterocycles. The molecule has 0 bridgehead atoms. The second kappa shape index (κ2) is 6.99. The van der Waals surface area contributed by atoms with Crippen molar-refractivity contribution in [2.45, 2.75) is 13.8 Å². The van der Waals surface area contributed by atoms with Crippen molar-refractivity contribution in [1.82, 2.24) is 4.98 Å². The molecule has 7 nitrogen and oxygen atoms in total. The van der Waals surface area contributed by atoms with Crippen LogP contribution in [0.25, 0.3) is 0 Å². The summed E-state index contributed by atoms with van der Waals surface area (Å²) >= 11 is 0. The van der Waals surface area contributed by atoms with E-state index in [2.05, 4.69) is 9.72 Å². The third kappa shape index (κ3) is 3.45. The number of phenolic OH excluding ortho intramolecular Hbond substituents is 1. The zero-order chi connectivity index (χ0) is 17.9. The number of aromatic nitrogens is 1. The summed E-state index contributed by atoms with van der Waals surface area (Å²) in [4.78, 5) is 38.6. The van der Waals surface area contributed by atoms with E-state index in [1.165, 1.54) is 31.4 Å². The number of ether oxygens (including phenoxy) is 2. The second-order valence-corrected chi connectivity index (χ2v) is 5.16. The van der Waals surface area contributed by atoms with Gasteiger partial charge in [0.2, 0.25) is 5.78 Å². The number of hydrogen-bond acceptors (Lipinski definition) is 6. The molecule has 0 aliphatic rings. The Hall–Kier alpha value is -3.09. The molecule has 1 aromatic heterocycles. The van der Waals surface area contributed by atoms with E-state index >= 15 is 0 Å². The maximum absolute atomic E-state index is 12.2. The van der Waals surface area contributed by atoms with E-state index in [0.717, 1.165) is 0 Å². The number of carbonyl (C=O) groups is 3. The van der Waals surface area contributed by atoms with Crippen molar-refractivity contribution in [3.63, 3.8) is 0 Å². The first kappa shape index (κ1) is 17.3. The van der Waals surface area contributed by atoms with E-state index in [9.17, 15) is 19.5 Å². The lowest BCUT2D eigenvalue weighted by Crippen LogP contribution is -2.15. The highest BCUT2D eigenvalue weighted by Gasteiger charge is 2.23. The van der Waals surface area contributed by atoms with Gasteiger partial charge in [0.25, 0.3) is 0 Å². The lowest BCUT2D eigenvalue weighted by atomic mass is 10.1. The van der Waals surface area contributed by atoms with Gasteiger partial charge in [-0.3, -0.25) is 4.79 Å². The number of aromatic hydroxyl groups is 1. The fourth-order valence-electron chi connectivity index (χ4n) is 2.32. The Labute approximate surface area is 138 Å². The zero-order valence-electron chi connectivity index (χ0n) is 13.5. The number of esters is 2. The molecule has 0 saturated carbocycles. The van der Waals surface area contributed by atoms with Crippen molar-refractivity contribution in [1.29, 1.82) is 0 Å². The number of hydrogen-bond donors (Lipinski definition) is 2. The Morgan fingerprint density at radius 2 is 1.71 bits per heavy atom. The van der Waals surface area contributed by atoms with Gasteiger partial charge in [0.05, 0.1) is 23.9 Å². The summed E-state index contributed by atoms with van der Waals surface area (Å²) < 4.78 is 9.65. The first-order valence-electron chi connectivity index (χ1n) is 7.12. The van der Waals surface area contributed by atoms with Crippen LogP contribution < -0.4 is 0 Å². The standard InChI is InChI=1S/C17H17NO6/c1-9-14(17(22)23-3)10(2)18-15(9)13(20)8-24-16(21)11-4-6-12(19)7-5-11/h4-7,18-19H,8H2,1-3H3. The SMILES string of the molecule is COC(=O)c1c(C)[nH]c(C(=O)COC(=O)c2ccc(O)cc2)c1C. The Kier molecular flexibility index (Phi) is 5.03. The van der Waals surface area contributed by atoms with Crippen LogP contribution in [-0.4, -0.2) is 41.5 Å². The summed E-state index contributed by atoms with van der Waals surface area (Å²) in [6.07, 6.45) is 0. The highest BCUT2D eigenvalue weighted by atomic mass is 16.5. The van der Waals surface area contributed by atoms with E-state index in [0.29, 0.717) is 16.8 Å². The van der Waals surface area contributed by atoms with Crippen LogP contribution in [0, 0.1) is 13.8 Å². The molecule has 0 saturated heterocycles. The number of carbonyl (C=O) groups excluding carboxylic acids is 3. The molecule has 0 spiro atoms. The molecular formula is C17H17NO6. The Morgan fingerprint density at radius 1 is 1.08 bits per heavy atom. The van der Waals surface area contributed by atoms with Crippen molar-refractivity contribution in [2.24, 2.45) is 0 Å². The van der Waals surface area contributed by atoms with Crippen molar-refractivity contribution in [2.75, 3.05) is 13.7 Å². The van der Waals surface area contributed by atoms with Crippen LogP contribution in [0.4, 0.5) is 0 Å². The number of nitrogens with one attached hydrogen (secondary N) is 1. The van der Waals surface area contributed by atoms with Crippen LogP contribution in [-0.2, 0) is 9.47 Å². The maximum Gasteiger partial charge on any atom is 0.339 e. The Balaban J connectivity index is 2.09. The van der Waals surface area contributed by atoms with E-state index < -0.39 is 24.3 Å². The van der Waals surface area contributed by atoms with Crippen LogP contribution in [0.2, 0.25) is 0 Å². The number of aromatic amines is 1. The molecule has 0 atom stereocenters. The van der Waals surface area contributed by atoms with Crippen LogP contribution in [0.1, 0.15) is 42.5 Å². The summed E-state index contributed by atoms with van der Waals surface area (Å²) in [7, 11) is 1.26. The average Bonchev–Trinajstić information content (AvgIpc) is 2.87. The molecule has 0 fully saturated rings. The lowest BCUT2D eigenvalue weighted by Gasteiger charge is -2.05. The van der Waals surface area contributed by atoms with E-state index in [4.69, 9.17) is 4.74 Å². The minimum absolute atomic E-state index is 0.0236. The van der Waals surface area contributed by atoms with Gasteiger partial charge in [0.15, 0.2) is 6.61 Å². The quantitative estimate of drug-likeness (QED) is 0.642. The van der Waals surface area contributed by atoms with Crippen molar-refractivity contribution >= 4 is 17.7 Å². The van der Waals surface area contributed by atoms with Gasteiger partial charge in [-0.2, -0.15) is 0 Å². The Bertz CT molecular complexity index is 788.